The highest BCUT2D eigenvalue weighted by atomic mass is 19.4. The topological polar surface area (TPSA) is 49.8 Å². The van der Waals surface area contributed by atoms with Crippen LogP contribution < -0.4 is 0 Å². The van der Waals surface area contributed by atoms with Gasteiger partial charge in [-0.1, -0.05) is 24.3 Å². The second-order valence-corrected chi connectivity index (χ2v) is 7.97. The molecule has 10 heteroatoms. The predicted molar refractivity (Wildman–Crippen MR) is 107 cm³/mol. The Hall–Kier alpha value is -2.59. The standard InChI is InChI=1S/C23H23F6NO3/c24-22(25,26)18-7-3-15(4-8-18)20(16-5-9-19(10-6-16)23(27,28)29)33-13-12-30-11-1-2-17(14-30)21(31)32/h3-10,17,20H,1-2,11-14H2,(H,31,32)/i24-1. The van der Waals surface area contributed by atoms with E-state index >= 15 is 0 Å². The number of ether oxygens (including phenoxy) is 1. The minimum atomic E-state index is -4.52. The molecule has 0 aliphatic carbocycles. The fraction of sp³-hybridized carbons (Fsp3) is 0.435. The van der Waals surface area contributed by atoms with Crippen molar-refractivity contribution in [2.75, 3.05) is 26.2 Å². The highest BCUT2D eigenvalue weighted by Crippen LogP contribution is 2.34. The fourth-order valence-corrected chi connectivity index (χ4v) is 3.84. The van der Waals surface area contributed by atoms with Crippen molar-refractivity contribution in [3.8, 4) is 0 Å². The average Bonchev–Trinajstić information content (AvgIpc) is 2.76. The quantitative estimate of drug-likeness (QED) is 0.529. The van der Waals surface area contributed by atoms with E-state index in [2.05, 4.69) is 0 Å². The Bertz CT molecular complexity index is 868. The third kappa shape index (κ3) is 6.70. The molecule has 1 N–H and O–H groups in total. The second kappa shape index (κ2) is 10.1. The maximum Gasteiger partial charge on any atom is 0.416 e. The number of carboxylic acids is 1. The molecule has 3 rings (SSSR count). The van der Waals surface area contributed by atoms with Gasteiger partial charge in [0.15, 0.2) is 0 Å². The largest absolute Gasteiger partial charge is 0.481 e. The minimum absolute atomic E-state index is 0.124. The van der Waals surface area contributed by atoms with Crippen LogP contribution in [-0.4, -0.2) is 42.2 Å². The zero-order valence-corrected chi connectivity index (χ0v) is 17.5. The monoisotopic (exact) mass is 474 g/mol. The molecule has 180 valence electrons. The number of rotatable bonds is 7. The predicted octanol–water partition coefficient (Wildman–Crippen LogP) is 5.63. The number of likely N-dealkylation sites (tertiary alicyclic amines) is 1. The van der Waals surface area contributed by atoms with Crippen LogP contribution in [0.15, 0.2) is 48.5 Å². The molecule has 0 radical (unpaired) electrons. The van der Waals surface area contributed by atoms with Crippen molar-refractivity contribution in [3.63, 3.8) is 0 Å². The number of aliphatic carboxylic acids is 1. The maximum atomic E-state index is 12.9. The van der Waals surface area contributed by atoms with Gasteiger partial charge < -0.3 is 14.7 Å². The number of carbonyl (C=O) groups is 1. The first-order valence-corrected chi connectivity index (χ1v) is 10.4. The van der Waals surface area contributed by atoms with Crippen LogP contribution in [0.5, 0.6) is 0 Å². The van der Waals surface area contributed by atoms with Crippen molar-refractivity contribution in [2.24, 2.45) is 5.92 Å². The van der Waals surface area contributed by atoms with Crippen LogP contribution >= 0.6 is 0 Å². The van der Waals surface area contributed by atoms with E-state index in [4.69, 9.17) is 4.74 Å². The summed E-state index contributed by atoms with van der Waals surface area (Å²) in [7, 11) is 0. The summed E-state index contributed by atoms with van der Waals surface area (Å²) >= 11 is 0. The van der Waals surface area contributed by atoms with Gasteiger partial charge >= 0.3 is 18.3 Å². The molecule has 2 atom stereocenters. The van der Waals surface area contributed by atoms with Gasteiger partial charge in [0.25, 0.3) is 0 Å². The number of alkyl halides is 6. The van der Waals surface area contributed by atoms with Crippen molar-refractivity contribution >= 4 is 5.97 Å². The Morgan fingerprint density at radius 3 is 1.85 bits per heavy atom. The molecule has 0 aromatic heterocycles. The molecule has 33 heavy (non-hydrogen) atoms. The Morgan fingerprint density at radius 2 is 1.42 bits per heavy atom. The maximum absolute atomic E-state index is 12.9. The van der Waals surface area contributed by atoms with Gasteiger partial charge in [-0.25, -0.2) is 0 Å². The Balaban J connectivity index is 1.76. The molecule has 2 unspecified atom stereocenters. The van der Waals surface area contributed by atoms with Gasteiger partial charge in [0.1, 0.15) is 6.10 Å². The van der Waals surface area contributed by atoms with E-state index in [0.717, 1.165) is 30.7 Å². The summed E-state index contributed by atoms with van der Waals surface area (Å²) in [5, 5.41) is 9.21. The van der Waals surface area contributed by atoms with Crippen molar-refractivity contribution in [3.05, 3.63) is 70.8 Å². The third-order valence-electron chi connectivity index (χ3n) is 5.63. The lowest BCUT2D eigenvalue weighted by molar-refractivity contribution is -0.143. The van der Waals surface area contributed by atoms with Gasteiger partial charge in [-0.2, -0.15) is 26.3 Å². The molecule has 1 aliphatic rings. The molecule has 0 saturated carbocycles. The molecule has 0 amide bonds. The highest BCUT2D eigenvalue weighted by molar-refractivity contribution is 5.70. The summed E-state index contributed by atoms with van der Waals surface area (Å²) in [6.07, 6.45) is -8.60. The number of piperidine rings is 1. The molecule has 1 saturated heterocycles. The van der Waals surface area contributed by atoms with E-state index in [1.165, 1.54) is 24.3 Å². The van der Waals surface area contributed by atoms with Gasteiger partial charge in [0.05, 0.1) is 23.7 Å². The molecule has 1 aliphatic heterocycles. The van der Waals surface area contributed by atoms with Gasteiger partial charge in [0, 0.05) is 13.1 Å². The van der Waals surface area contributed by atoms with Crippen LogP contribution in [0, 0.1) is 5.92 Å². The van der Waals surface area contributed by atoms with Crippen LogP contribution in [0.25, 0.3) is 0 Å². The number of halogens is 6. The lowest BCUT2D eigenvalue weighted by Crippen LogP contribution is -2.40. The summed E-state index contributed by atoms with van der Waals surface area (Å²) in [4.78, 5) is 13.2. The molecule has 2 aromatic carbocycles. The summed E-state index contributed by atoms with van der Waals surface area (Å²) < 4.78 is 83.4. The van der Waals surface area contributed by atoms with Gasteiger partial charge in [0.2, 0.25) is 0 Å². The highest BCUT2D eigenvalue weighted by Gasteiger charge is 2.32. The first-order valence-electron chi connectivity index (χ1n) is 10.4. The molecular weight excluding hydrogens is 451 g/mol. The fourth-order valence-electron chi connectivity index (χ4n) is 3.84. The zero-order chi connectivity index (χ0) is 24.2. The molecule has 1 heterocycles. The lowest BCUT2D eigenvalue weighted by atomic mass is 9.98. The first kappa shape index (κ1) is 25.0. The van der Waals surface area contributed by atoms with E-state index < -0.39 is 41.5 Å². The van der Waals surface area contributed by atoms with Crippen LogP contribution in [0.1, 0.15) is 41.2 Å². The average molecular weight is 474 g/mol. The van der Waals surface area contributed by atoms with Crippen molar-refractivity contribution in [1.82, 2.24) is 4.90 Å². The van der Waals surface area contributed by atoms with Crippen molar-refractivity contribution < 1.29 is 41.0 Å². The summed E-state index contributed by atoms with van der Waals surface area (Å²) in [5.74, 6) is -1.34. The van der Waals surface area contributed by atoms with Crippen molar-refractivity contribution in [2.45, 2.75) is 31.3 Å². The normalized spacial score (nSPS) is 18.8. The summed E-state index contributed by atoms with van der Waals surface area (Å²) in [6, 6.07) is 8.57. The van der Waals surface area contributed by atoms with Crippen LogP contribution in [0.3, 0.4) is 0 Å². The molecular formula is C23H23F6NO3. The first-order chi connectivity index (χ1) is 15.4. The molecule has 1 fully saturated rings. The van der Waals surface area contributed by atoms with Crippen LogP contribution in [-0.2, 0) is 21.9 Å². The minimum Gasteiger partial charge on any atom is -0.481 e. The van der Waals surface area contributed by atoms with Crippen LogP contribution in [0.4, 0.5) is 26.3 Å². The van der Waals surface area contributed by atoms with E-state index in [-0.39, 0.29) is 6.61 Å². The SMILES string of the molecule is O=C(O)C1CCCN(CCOC(c2ccc(C(F)(F)F)cc2)c2ccc(C(F)(F)[18F])cc2)C1. The third-order valence-corrected chi connectivity index (χ3v) is 5.63. The van der Waals surface area contributed by atoms with Crippen LogP contribution in [0.2, 0.25) is 0 Å². The van der Waals surface area contributed by atoms with Gasteiger partial charge in [-0.05, 0) is 54.8 Å². The Kier molecular flexibility index (Phi) is 7.69. The van der Waals surface area contributed by atoms with Gasteiger partial charge in [-0.15, -0.1) is 0 Å². The number of nitrogens with zero attached hydrogens (tertiary/aromatic N) is 1. The number of hydrogen-bond donors (Lipinski definition) is 1. The van der Waals surface area contributed by atoms with Gasteiger partial charge in [-0.3, -0.25) is 4.79 Å². The number of benzene rings is 2. The van der Waals surface area contributed by atoms with E-state index in [1.807, 2.05) is 4.90 Å². The zero-order valence-electron chi connectivity index (χ0n) is 17.5. The molecule has 0 spiro atoms. The molecule has 0 bridgehead atoms. The molecule has 2 aromatic rings. The summed E-state index contributed by atoms with van der Waals surface area (Å²) in [6.45, 7) is 1.57. The molecule has 4 nitrogen and oxygen atoms in total. The Labute approximate surface area is 186 Å². The summed E-state index contributed by atoms with van der Waals surface area (Å²) in [5.41, 5.74) is -0.953. The number of hydrogen-bond acceptors (Lipinski definition) is 3. The smallest absolute Gasteiger partial charge is 0.416 e. The second-order valence-electron chi connectivity index (χ2n) is 7.97. The van der Waals surface area contributed by atoms with E-state index in [9.17, 15) is 36.2 Å². The Morgan fingerprint density at radius 1 is 0.939 bits per heavy atom. The lowest BCUT2D eigenvalue weighted by Gasteiger charge is -2.31. The van der Waals surface area contributed by atoms with Crippen molar-refractivity contribution in [1.29, 1.82) is 0 Å². The van der Waals surface area contributed by atoms with E-state index in [1.54, 1.807) is 0 Å². The van der Waals surface area contributed by atoms with E-state index in [0.29, 0.717) is 37.2 Å². The number of carboxylic acid groups (broad SMARTS) is 1.